The Hall–Kier alpha value is -0.780. The standard InChI is InChI=1S/C14H20.2C2H6/c1-4-14(3)9-5-6-12-8-7-11(2)10-13(12)14;2*1-2/h7-8,10H,4-6,9H2,1-3H3;2*1-2H3. The molecule has 0 N–H and O–H groups in total. The molecule has 0 spiro atoms. The monoisotopic (exact) mass is 248 g/mol. The zero-order chi connectivity index (χ0) is 14.2. The van der Waals surface area contributed by atoms with E-state index in [9.17, 15) is 0 Å². The number of fused-ring (bicyclic) bond motifs is 1. The molecule has 1 atom stereocenters. The van der Waals surface area contributed by atoms with E-state index in [1.807, 2.05) is 27.7 Å². The van der Waals surface area contributed by atoms with E-state index in [1.54, 1.807) is 11.1 Å². The Balaban J connectivity index is 0.000000659. The van der Waals surface area contributed by atoms with Crippen molar-refractivity contribution in [1.82, 2.24) is 0 Å². The van der Waals surface area contributed by atoms with Crippen LogP contribution in [0.5, 0.6) is 0 Å². The highest BCUT2D eigenvalue weighted by atomic mass is 14.3. The second-order valence-corrected chi connectivity index (χ2v) is 4.93. The molecule has 104 valence electrons. The van der Waals surface area contributed by atoms with E-state index in [2.05, 4.69) is 39.0 Å². The van der Waals surface area contributed by atoms with Crippen molar-refractivity contribution in [2.24, 2.45) is 0 Å². The first-order chi connectivity index (χ1) is 8.65. The van der Waals surface area contributed by atoms with E-state index in [0.29, 0.717) is 5.41 Å². The SMILES string of the molecule is CC.CC.CCC1(C)CCCc2ccc(C)cc21. The average Bonchev–Trinajstić information content (AvgIpc) is 2.44. The van der Waals surface area contributed by atoms with Gasteiger partial charge in [-0.3, -0.25) is 0 Å². The lowest BCUT2D eigenvalue weighted by Crippen LogP contribution is -2.26. The van der Waals surface area contributed by atoms with Gasteiger partial charge < -0.3 is 0 Å². The first kappa shape index (κ1) is 17.2. The van der Waals surface area contributed by atoms with Crippen molar-refractivity contribution < 1.29 is 0 Å². The Bertz CT molecular complexity index is 338. The highest BCUT2D eigenvalue weighted by Gasteiger charge is 2.29. The van der Waals surface area contributed by atoms with Crippen LogP contribution < -0.4 is 0 Å². The Morgan fingerprint density at radius 2 is 1.72 bits per heavy atom. The molecule has 0 radical (unpaired) electrons. The van der Waals surface area contributed by atoms with Gasteiger partial charge >= 0.3 is 0 Å². The molecule has 0 aromatic heterocycles. The molecule has 0 bridgehead atoms. The van der Waals surface area contributed by atoms with Crippen LogP contribution in [-0.2, 0) is 11.8 Å². The van der Waals surface area contributed by atoms with Gasteiger partial charge in [0.05, 0.1) is 0 Å². The molecule has 0 aliphatic heterocycles. The number of rotatable bonds is 1. The van der Waals surface area contributed by atoms with Gasteiger partial charge in [-0.15, -0.1) is 0 Å². The Morgan fingerprint density at radius 1 is 1.11 bits per heavy atom. The minimum Gasteiger partial charge on any atom is -0.0683 e. The van der Waals surface area contributed by atoms with Crippen LogP contribution in [0.4, 0.5) is 0 Å². The summed E-state index contributed by atoms with van der Waals surface area (Å²) in [6, 6.07) is 6.98. The second kappa shape index (κ2) is 8.34. The summed E-state index contributed by atoms with van der Waals surface area (Å²) >= 11 is 0. The van der Waals surface area contributed by atoms with E-state index < -0.39 is 0 Å². The lowest BCUT2D eigenvalue weighted by molar-refractivity contribution is 0.381. The molecule has 0 saturated heterocycles. The molecule has 0 saturated carbocycles. The third kappa shape index (κ3) is 3.86. The minimum absolute atomic E-state index is 0.444. The molecular weight excluding hydrogens is 216 g/mol. The molecule has 0 nitrogen and oxygen atoms in total. The van der Waals surface area contributed by atoms with Crippen LogP contribution in [-0.4, -0.2) is 0 Å². The molecular formula is C18H32. The van der Waals surface area contributed by atoms with E-state index in [1.165, 1.54) is 31.2 Å². The van der Waals surface area contributed by atoms with Crippen LogP contribution in [0.15, 0.2) is 18.2 Å². The predicted molar refractivity (Wildman–Crippen MR) is 84.5 cm³/mol. The Kier molecular flexibility index (Phi) is 7.98. The van der Waals surface area contributed by atoms with Gasteiger partial charge in [-0.1, -0.05) is 65.3 Å². The van der Waals surface area contributed by atoms with Crippen molar-refractivity contribution in [3.8, 4) is 0 Å². The lowest BCUT2D eigenvalue weighted by Gasteiger charge is -2.35. The smallest absolute Gasteiger partial charge is 0.00749 e. The van der Waals surface area contributed by atoms with Crippen molar-refractivity contribution in [2.75, 3.05) is 0 Å². The quantitative estimate of drug-likeness (QED) is 0.567. The molecule has 0 fully saturated rings. The molecule has 1 aliphatic carbocycles. The van der Waals surface area contributed by atoms with Crippen molar-refractivity contribution >= 4 is 0 Å². The summed E-state index contributed by atoms with van der Waals surface area (Å²) in [6.45, 7) is 14.9. The summed E-state index contributed by atoms with van der Waals surface area (Å²) in [5.74, 6) is 0. The summed E-state index contributed by atoms with van der Waals surface area (Å²) in [6.07, 6.45) is 5.27. The van der Waals surface area contributed by atoms with Crippen molar-refractivity contribution in [1.29, 1.82) is 0 Å². The van der Waals surface area contributed by atoms with Crippen molar-refractivity contribution in [2.45, 2.75) is 79.6 Å². The highest BCUT2D eigenvalue weighted by Crippen LogP contribution is 2.39. The summed E-state index contributed by atoms with van der Waals surface area (Å²) in [5, 5.41) is 0. The van der Waals surface area contributed by atoms with Crippen LogP contribution >= 0.6 is 0 Å². The van der Waals surface area contributed by atoms with Gasteiger partial charge in [-0.05, 0) is 49.1 Å². The zero-order valence-corrected chi connectivity index (χ0v) is 13.6. The van der Waals surface area contributed by atoms with Gasteiger partial charge in [0.15, 0.2) is 0 Å². The maximum Gasteiger partial charge on any atom is -0.00749 e. The van der Waals surface area contributed by atoms with Crippen LogP contribution in [0.3, 0.4) is 0 Å². The van der Waals surface area contributed by atoms with E-state index in [4.69, 9.17) is 0 Å². The highest BCUT2D eigenvalue weighted by molar-refractivity contribution is 5.39. The van der Waals surface area contributed by atoms with Gasteiger partial charge in [0, 0.05) is 0 Å². The van der Waals surface area contributed by atoms with Crippen molar-refractivity contribution in [3.63, 3.8) is 0 Å². The first-order valence-electron chi connectivity index (χ1n) is 7.76. The number of benzene rings is 1. The molecule has 2 rings (SSSR count). The van der Waals surface area contributed by atoms with E-state index in [0.717, 1.165) is 0 Å². The van der Waals surface area contributed by atoms with Crippen LogP contribution in [0.25, 0.3) is 0 Å². The van der Waals surface area contributed by atoms with Crippen LogP contribution in [0.2, 0.25) is 0 Å². The molecule has 1 aliphatic rings. The largest absolute Gasteiger partial charge is 0.0683 e. The molecule has 1 unspecified atom stereocenters. The van der Waals surface area contributed by atoms with Gasteiger partial charge in [-0.25, -0.2) is 0 Å². The predicted octanol–water partition coefficient (Wildman–Crippen LogP) is 6.05. The average molecular weight is 248 g/mol. The summed E-state index contributed by atoms with van der Waals surface area (Å²) in [4.78, 5) is 0. The van der Waals surface area contributed by atoms with E-state index >= 15 is 0 Å². The summed E-state index contributed by atoms with van der Waals surface area (Å²) in [7, 11) is 0. The zero-order valence-electron chi connectivity index (χ0n) is 13.6. The molecule has 0 heteroatoms. The minimum atomic E-state index is 0.444. The molecule has 0 heterocycles. The first-order valence-corrected chi connectivity index (χ1v) is 7.76. The summed E-state index contributed by atoms with van der Waals surface area (Å²) < 4.78 is 0. The fourth-order valence-corrected chi connectivity index (χ4v) is 2.64. The second-order valence-electron chi connectivity index (χ2n) is 4.93. The van der Waals surface area contributed by atoms with Gasteiger partial charge in [0.2, 0.25) is 0 Å². The van der Waals surface area contributed by atoms with Crippen LogP contribution in [0.1, 0.15) is 77.5 Å². The number of aryl methyl sites for hydroxylation is 2. The normalized spacial score (nSPS) is 20.8. The van der Waals surface area contributed by atoms with Crippen LogP contribution in [0, 0.1) is 6.92 Å². The molecule has 0 amide bonds. The van der Waals surface area contributed by atoms with Gasteiger partial charge in [0.1, 0.15) is 0 Å². The van der Waals surface area contributed by atoms with Gasteiger partial charge in [-0.2, -0.15) is 0 Å². The van der Waals surface area contributed by atoms with Crippen molar-refractivity contribution in [3.05, 3.63) is 34.9 Å². The molecule has 1 aromatic carbocycles. The Labute approximate surface area is 115 Å². The topological polar surface area (TPSA) is 0 Å². The third-order valence-electron chi connectivity index (χ3n) is 3.87. The fourth-order valence-electron chi connectivity index (χ4n) is 2.64. The summed E-state index contributed by atoms with van der Waals surface area (Å²) in [5.41, 5.74) is 5.06. The fraction of sp³-hybridized carbons (Fsp3) is 0.667. The van der Waals surface area contributed by atoms with E-state index in [-0.39, 0.29) is 0 Å². The number of hydrogen-bond acceptors (Lipinski definition) is 0. The maximum atomic E-state index is 2.42. The lowest BCUT2D eigenvalue weighted by atomic mass is 9.69. The maximum absolute atomic E-state index is 2.42. The third-order valence-corrected chi connectivity index (χ3v) is 3.87. The number of hydrogen-bond donors (Lipinski definition) is 0. The molecule has 1 aromatic rings. The molecule has 18 heavy (non-hydrogen) atoms. The Morgan fingerprint density at radius 3 is 2.28 bits per heavy atom. The van der Waals surface area contributed by atoms with Gasteiger partial charge in [0.25, 0.3) is 0 Å².